The Morgan fingerprint density at radius 3 is 2.24 bits per heavy atom. The first-order valence-electron chi connectivity index (χ1n) is 10.3. The van der Waals surface area contributed by atoms with Crippen LogP contribution in [0.5, 0.6) is 0 Å². The molecule has 156 valence electrons. The zero-order valence-electron chi connectivity index (χ0n) is 17.0. The highest BCUT2D eigenvalue weighted by molar-refractivity contribution is 14.0. The molecular formula is C23H31IN4S. The van der Waals surface area contributed by atoms with Gasteiger partial charge in [-0.3, -0.25) is 4.99 Å². The molecule has 1 saturated heterocycles. The van der Waals surface area contributed by atoms with Gasteiger partial charge >= 0.3 is 0 Å². The molecule has 0 spiro atoms. The van der Waals surface area contributed by atoms with Crippen LogP contribution < -0.4 is 10.6 Å². The number of guanidine groups is 1. The molecular weight excluding hydrogens is 491 g/mol. The number of likely N-dealkylation sites (tertiary alicyclic amines) is 1. The molecule has 2 fully saturated rings. The molecule has 4 rings (SSSR count). The van der Waals surface area contributed by atoms with Crippen LogP contribution in [0.25, 0.3) is 0 Å². The second-order valence-corrected chi connectivity index (χ2v) is 8.82. The van der Waals surface area contributed by atoms with Gasteiger partial charge in [-0.15, -0.1) is 24.0 Å². The molecule has 1 aliphatic carbocycles. The summed E-state index contributed by atoms with van der Waals surface area (Å²) in [6.07, 6.45) is 5.24. The van der Waals surface area contributed by atoms with Crippen LogP contribution in [0.15, 0.2) is 69.4 Å². The van der Waals surface area contributed by atoms with Gasteiger partial charge < -0.3 is 15.5 Å². The maximum atomic E-state index is 4.41. The number of nitrogens with zero attached hydrogens (tertiary/aromatic N) is 2. The lowest BCUT2D eigenvalue weighted by Gasteiger charge is -2.33. The molecule has 2 N–H and O–H groups in total. The number of nitrogens with one attached hydrogen (secondary N) is 2. The van der Waals surface area contributed by atoms with Gasteiger partial charge in [0.2, 0.25) is 0 Å². The van der Waals surface area contributed by atoms with E-state index in [1.165, 1.54) is 54.1 Å². The number of benzene rings is 2. The van der Waals surface area contributed by atoms with Crippen molar-refractivity contribution in [2.45, 2.75) is 54.1 Å². The minimum Gasteiger partial charge on any atom is -0.354 e. The summed E-state index contributed by atoms with van der Waals surface area (Å²) in [5.41, 5.74) is 1.27. The minimum atomic E-state index is 0. The average Bonchev–Trinajstić information content (AvgIpc) is 3.59. The van der Waals surface area contributed by atoms with Crippen molar-refractivity contribution in [3.63, 3.8) is 0 Å². The van der Waals surface area contributed by atoms with E-state index in [0.29, 0.717) is 6.04 Å². The van der Waals surface area contributed by atoms with Gasteiger partial charge in [-0.25, -0.2) is 0 Å². The number of halogens is 1. The van der Waals surface area contributed by atoms with Crippen molar-refractivity contribution in [3.05, 3.63) is 60.2 Å². The van der Waals surface area contributed by atoms with Crippen LogP contribution in [0.4, 0.5) is 0 Å². The highest BCUT2D eigenvalue weighted by Gasteiger charge is 2.31. The Kier molecular flexibility index (Phi) is 8.68. The Morgan fingerprint density at radius 2 is 1.62 bits per heavy atom. The average molecular weight is 523 g/mol. The van der Waals surface area contributed by atoms with E-state index in [2.05, 4.69) is 75.1 Å². The molecule has 1 saturated carbocycles. The minimum absolute atomic E-state index is 0. The maximum absolute atomic E-state index is 4.41. The van der Waals surface area contributed by atoms with Gasteiger partial charge in [-0.05, 0) is 55.5 Å². The number of hydrogen-bond acceptors (Lipinski definition) is 3. The maximum Gasteiger partial charge on any atom is 0.191 e. The molecule has 4 nitrogen and oxygen atoms in total. The van der Waals surface area contributed by atoms with Crippen LogP contribution in [-0.2, 0) is 6.54 Å². The van der Waals surface area contributed by atoms with Gasteiger partial charge in [0.1, 0.15) is 0 Å². The first-order chi connectivity index (χ1) is 13.8. The van der Waals surface area contributed by atoms with Crippen LogP contribution in [-0.4, -0.2) is 43.1 Å². The molecule has 1 heterocycles. The summed E-state index contributed by atoms with van der Waals surface area (Å²) in [5.74, 6) is 0.910. The van der Waals surface area contributed by atoms with Crippen molar-refractivity contribution in [2.75, 3.05) is 20.1 Å². The van der Waals surface area contributed by atoms with Crippen LogP contribution >= 0.6 is 35.7 Å². The van der Waals surface area contributed by atoms with Gasteiger partial charge in [0.25, 0.3) is 0 Å². The first kappa shape index (κ1) is 22.4. The summed E-state index contributed by atoms with van der Waals surface area (Å²) in [7, 11) is 1.86. The standard InChI is InChI=1S/C23H30N4S.HI/c1-24-23(26-19-13-15-27(16-14-19)20-9-10-20)25-17-18-7-11-22(12-8-18)28-21-5-3-2-4-6-21;/h2-8,11-12,19-20H,9-10,13-17H2,1H3,(H2,24,25,26);1H. The van der Waals surface area contributed by atoms with E-state index >= 15 is 0 Å². The highest BCUT2D eigenvalue weighted by Crippen LogP contribution is 2.29. The van der Waals surface area contributed by atoms with E-state index in [4.69, 9.17) is 0 Å². The molecule has 1 aliphatic heterocycles. The van der Waals surface area contributed by atoms with Crippen molar-refractivity contribution >= 4 is 41.7 Å². The molecule has 0 radical (unpaired) electrons. The van der Waals surface area contributed by atoms with Crippen molar-refractivity contribution in [1.82, 2.24) is 15.5 Å². The van der Waals surface area contributed by atoms with E-state index in [1.54, 1.807) is 11.8 Å². The second-order valence-electron chi connectivity index (χ2n) is 7.67. The first-order valence-corrected chi connectivity index (χ1v) is 11.1. The lowest BCUT2D eigenvalue weighted by atomic mass is 10.1. The lowest BCUT2D eigenvalue weighted by molar-refractivity contribution is 0.197. The van der Waals surface area contributed by atoms with Crippen LogP contribution in [0.2, 0.25) is 0 Å². The number of hydrogen-bond donors (Lipinski definition) is 2. The van der Waals surface area contributed by atoms with E-state index in [0.717, 1.165) is 18.5 Å². The van der Waals surface area contributed by atoms with Gasteiger partial charge in [0, 0.05) is 48.6 Å². The predicted octanol–water partition coefficient (Wildman–Crippen LogP) is 4.75. The Hall–Kier alpha value is -1.25. The van der Waals surface area contributed by atoms with E-state index in [9.17, 15) is 0 Å². The molecule has 2 aromatic rings. The van der Waals surface area contributed by atoms with Crippen molar-refractivity contribution in [3.8, 4) is 0 Å². The molecule has 2 aliphatic rings. The number of rotatable bonds is 6. The molecule has 29 heavy (non-hydrogen) atoms. The SMILES string of the molecule is CN=C(NCc1ccc(Sc2ccccc2)cc1)NC1CCN(C2CC2)CC1.I. The van der Waals surface area contributed by atoms with Crippen LogP contribution in [0.3, 0.4) is 0 Å². The van der Waals surface area contributed by atoms with Crippen LogP contribution in [0, 0.1) is 0 Å². The van der Waals surface area contributed by atoms with E-state index < -0.39 is 0 Å². The topological polar surface area (TPSA) is 39.7 Å². The fourth-order valence-corrected chi connectivity index (χ4v) is 4.56. The van der Waals surface area contributed by atoms with Gasteiger partial charge in [0.05, 0.1) is 0 Å². The second kappa shape index (κ2) is 11.2. The third-order valence-corrected chi connectivity index (χ3v) is 6.54. The molecule has 6 heteroatoms. The van der Waals surface area contributed by atoms with Gasteiger partial charge in [-0.1, -0.05) is 42.1 Å². The largest absolute Gasteiger partial charge is 0.354 e. The van der Waals surface area contributed by atoms with E-state index in [1.807, 2.05) is 7.05 Å². The highest BCUT2D eigenvalue weighted by atomic mass is 127. The zero-order valence-corrected chi connectivity index (χ0v) is 20.2. The fourth-order valence-electron chi connectivity index (χ4n) is 3.72. The summed E-state index contributed by atoms with van der Waals surface area (Å²) < 4.78 is 0. The quantitative estimate of drug-likeness (QED) is 0.327. The summed E-state index contributed by atoms with van der Waals surface area (Å²) in [6, 6.07) is 20.7. The van der Waals surface area contributed by atoms with E-state index in [-0.39, 0.29) is 24.0 Å². The molecule has 0 unspecified atom stereocenters. The number of piperidine rings is 1. The van der Waals surface area contributed by atoms with Gasteiger partial charge in [0.15, 0.2) is 5.96 Å². The monoisotopic (exact) mass is 522 g/mol. The summed E-state index contributed by atoms with van der Waals surface area (Å²) >= 11 is 1.79. The molecule has 0 aromatic heterocycles. The Morgan fingerprint density at radius 1 is 0.966 bits per heavy atom. The molecule has 0 bridgehead atoms. The summed E-state index contributed by atoms with van der Waals surface area (Å²) in [6.45, 7) is 3.23. The Labute approximate surface area is 196 Å². The zero-order chi connectivity index (χ0) is 19.2. The molecule has 0 amide bonds. The van der Waals surface area contributed by atoms with Crippen molar-refractivity contribution in [1.29, 1.82) is 0 Å². The Balaban J connectivity index is 0.00000240. The normalized spacial score (nSPS) is 18.2. The van der Waals surface area contributed by atoms with Gasteiger partial charge in [-0.2, -0.15) is 0 Å². The fraction of sp³-hybridized carbons (Fsp3) is 0.435. The summed E-state index contributed by atoms with van der Waals surface area (Å²) in [5, 5.41) is 7.07. The lowest BCUT2D eigenvalue weighted by Crippen LogP contribution is -2.48. The molecule has 0 atom stereocenters. The predicted molar refractivity (Wildman–Crippen MR) is 133 cm³/mol. The van der Waals surface area contributed by atoms with Crippen molar-refractivity contribution < 1.29 is 0 Å². The number of aliphatic imine (C=N–C) groups is 1. The molecule has 2 aromatic carbocycles. The Bertz CT molecular complexity index is 769. The smallest absolute Gasteiger partial charge is 0.191 e. The van der Waals surface area contributed by atoms with Crippen molar-refractivity contribution in [2.24, 2.45) is 4.99 Å². The van der Waals surface area contributed by atoms with Crippen LogP contribution in [0.1, 0.15) is 31.2 Å². The third-order valence-electron chi connectivity index (χ3n) is 5.52. The summed E-state index contributed by atoms with van der Waals surface area (Å²) in [4.78, 5) is 9.60. The third kappa shape index (κ3) is 6.89.